The molecule has 2 heterocycles. The van der Waals surface area contributed by atoms with Crippen molar-refractivity contribution in [2.45, 2.75) is 111 Å². The van der Waals surface area contributed by atoms with Crippen LogP contribution in [0.15, 0.2) is 30.1 Å². The van der Waals surface area contributed by atoms with Crippen molar-refractivity contribution in [2.24, 2.45) is 57.7 Å². The first-order valence-electron chi connectivity index (χ1n) is 17.8. The minimum Gasteiger partial charge on any atom is -0.481 e. The van der Waals surface area contributed by atoms with Crippen molar-refractivity contribution in [3.63, 3.8) is 0 Å². The first-order chi connectivity index (χ1) is 21.1. The molecule has 0 amide bonds. The van der Waals surface area contributed by atoms with Crippen LogP contribution in [0, 0.1) is 64.6 Å². The third-order valence-electron chi connectivity index (χ3n) is 14.2. The highest BCUT2D eigenvalue weighted by Gasteiger charge is 2.86. The molecule has 5 fully saturated rings. The number of likely N-dealkylation sites (N-methyl/N-ethyl adjacent to an activating group) is 1. The van der Waals surface area contributed by atoms with Gasteiger partial charge in [0.2, 0.25) is 0 Å². The van der Waals surface area contributed by atoms with E-state index in [0.717, 1.165) is 50.6 Å². The van der Waals surface area contributed by atoms with Gasteiger partial charge in [0.25, 0.3) is 0 Å². The van der Waals surface area contributed by atoms with Crippen LogP contribution >= 0.6 is 0 Å². The van der Waals surface area contributed by atoms with E-state index in [4.69, 9.17) is 4.74 Å². The van der Waals surface area contributed by atoms with Crippen LogP contribution in [-0.2, 0) is 20.9 Å². The molecule has 240 valence electrons. The van der Waals surface area contributed by atoms with Crippen LogP contribution in [0.3, 0.4) is 0 Å². The predicted molar refractivity (Wildman–Crippen MR) is 171 cm³/mol. The molecule has 1 N–H and O–H groups in total. The van der Waals surface area contributed by atoms with E-state index in [1.165, 1.54) is 43.2 Å². The topological polar surface area (TPSA) is 79.7 Å². The average molecular weight is 603 g/mol. The van der Waals surface area contributed by atoms with Crippen LogP contribution in [0.2, 0.25) is 0 Å². The first kappa shape index (κ1) is 30.6. The zero-order chi connectivity index (χ0) is 31.0. The number of aromatic nitrogens is 1. The van der Waals surface area contributed by atoms with Gasteiger partial charge in [0.05, 0.1) is 17.6 Å². The molecule has 7 rings (SSSR count). The number of carbonyl (C=O) groups excluding carboxylic acids is 1. The quantitative estimate of drug-likeness (QED) is 0.240. The van der Waals surface area contributed by atoms with Crippen molar-refractivity contribution >= 4 is 12.3 Å². The Kier molecular flexibility index (Phi) is 7.68. The van der Waals surface area contributed by atoms with Gasteiger partial charge in [-0.2, -0.15) is 0 Å². The van der Waals surface area contributed by atoms with Gasteiger partial charge in [0.15, 0.2) is 0 Å². The molecule has 5 aliphatic carbocycles. The lowest BCUT2D eigenvalue weighted by Gasteiger charge is -2.60. The minimum absolute atomic E-state index is 0.0668. The maximum absolute atomic E-state index is 14.1. The number of hydrogen-bond donors (Lipinski definition) is 1. The van der Waals surface area contributed by atoms with Crippen molar-refractivity contribution in [1.29, 1.82) is 0 Å². The molecule has 44 heavy (non-hydrogen) atoms. The lowest BCUT2D eigenvalue weighted by molar-refractivity contribution is -0.197. The van der Waals surface area contributed by atoms with E-state index in [1.807, 2.05) is 12.4 Å². The summed E-state index contributed by atoms with van der Waals surface area (Å²) >= 11 is 0. The number of rotatable bonds is 9. The number of aliphatic carboxylic acids is 1. The summed E-state index contributed by atoms with van der Waals surface area (Å²) in [5, 5.41) is 11.6. The minimum atomic E-state index is -1.17. The normalized spacial score (nSPS) is 43.1. The molecule has 6 aliphatic rings. The molecule has 1 aromatic rings. The summed E-state index contributed by atoms with van der Waals surface area (Å²) in [5.74, 6) is 1.54. The van der Waals surface area contributed by atoms with E-state index in [1.54, 1.807) is 0 Å². The number of carboxylic acid groups (broad SMARTS) is 1. The molecular weight excluding hydrogens is 548 g/mol. The summed E-state index contributed by atoms with van der Waals surface area (Å²) in [6.45, 7) is 10.4. The summed E-state index contributed by atoms with van der Waals surface area (Å²) in [6.07, 6.45) is 18.2. The number of allylic oxidation sites excluding steroid dienone is 1. The number of carboxylic acids is 1. The van der Waals surface area contributed by atoms with E-state index in [-0.39, 0.29) is 30.0 Å². The molecule has 0 aromatic carbocycles. The zero-order valence-electron chi connectivity index (χ0n) is 27.6. The number of carbonyl (C=O) groups is 2. The third-order valence-corrected chi connectivity index (χ3v) is 14.2. The van der Waals surface area contributed by atoms with E-state index >= 15 is 0 Å². The summed E-state index contributed by atoms with van der Waals surface area (Å²) in [6, 6.07) is 2.08. The second kappa shape index (κ2) is 11.0. The van der Waals surface area contributed by atoms with Crippen molar-refractivity contribution in [3.05, 3.63) is 41.2 Å². The van der Waals surface area contributed by atoms with Crippen LogP contribution in [0.5, 0.6) is 0 Å². The Morgan fingerprint density at radius 1 is 1.16 bits per heavy atom. The van der Waals surface area contributed by atoms with Crippen LogP contribution in [-0.4, -0.2) is 53.0 Å². The number of nitrogens with zero attached hydrogens (tertiary/aromatic N) is 2. The summed E-state index contributed by atoms with van der Waals surface area (Å²) < 4.78 is 7.41. The van der Waals surface area contributed by atoms with Gasteiger partial charge in [-0.1, -0.05) is 70.9 Å². The van der Waals surface area contributed by atoms with Gasteiger partial charge in [-0.25, -0.2) is 0 Å². The highest BCUT2D eigenvalue weighted by atomic mass is 16.5. The molecular formula is C38H54N2O4. The molecule has 1 aliphatic heterocycles. The fraction of sp³-hybridized carbons (Fsp3) is 0.763. The fourth-order valence-corrected chi connectivity index (χ4v) is 12.5. The molecule has 6 heteroatoms. The summed E-state index contributed by atoms with van der Waals surface area (Å²) in [5.41, 5.74) is 0.969. The average Bonchev–Trinajstić information content (AvgIpc) is 3.72. The van der Waals surface area contributed by atoms with Crippen LogP contribution in [0.1, 0.15) is 96.1 Å². The van der Waals surface area contributed by atoms with E-state index in [2.05, 4.69) is 56.8 Å². The predicted octanol–water partition coefficient (Wildman–Crippen LogP) is 7.10. The van der Waals surface area contributed by atoms with Gasteiger partial charge in [-0.05, 0) is 98.3 Å². The molecule has 1 aromatic heterocycles. The second-order valence-corrected chi connectivity index (χ2v) is 16.3. The van der Waals surface area contributed by atoms with Crippen LogP contribution in [0.4, 0.5) is 0 Å². The Bertz CT molecular complexity index is 1320. The molecule has 0 spiro atoms. The Morgan fingerprint density at radius 3 is 2.61 bits per heavy atom. The number of hydrogen-bond acceptors (Lipinski definition) is 5. The highest BCUT2D eigenvalue weighted by molar-refractivity contribution is 5.90. The molecule has 6 nitrogen and oxygen atoms in total. The van der Waals surface area contributed by atoms with Crippen molar-refractivity contribution in [2.75, 3.05) is 13.6 Å². The van der Waals surface area contributed by atoms with E-state index in [0.29, 0.717) is 30.1 Å². The van der Waals surface area contributed by atoms with Crippen molar-refractivity contribution in [1.82, 2.24) is 9.88 Å². The zero-order valence-corrected chi connectivity index (χ0v) is 27.6. The Balaban J connectivity index is 1.29. The van der Waals surface area contributed by atoms with Crippen molar-refractivity contribution < 1.29 is 19.4 Å². The van der Waals surface area contributed by atoms with Gasteiger partial charge in [0.1, 0.15) is 11.7 Å². The number of pyridine rings is 1. The monoisotopic (exact) mass is 602 g/mol. The molecule has 6 unspecified atom stereocenters. The first-order valence-corrected chi connectivity index (χ1v) is 17.8. The van der Waals surface area contributed by atoms with Gasteiger partial charge in [-0.3, -0.25) is 14.7 Å². The van der Waals surface area contributed by atoms with Crippen LogP contribution in [0.25, 0.3) is 0 Å². The summed E-state index contributed by atoms with van der Waals surface area (Å²) in [7, 11) is 2.19. The van der Waals surface area contributed by atoms with Gasteiger partial charge >= 0.3 is 5.97 Å². The fourth-order valence-electron chi connectivity index (χ4n) is 12.5. The van der Waals surface area contributed by atoms with Gasteiger partial charge in [-0.15, -0.1) is 0 Å². The Labute approximate surface area is 264 Å². The Hall–Kier alpha value is -2.05. The smallest absolute Gasteiger partial charge is 0.315 e. The molecule has 1 saturated heterocycles. The molecule has 0 radical (unpaired) electrons. The van der Waals surface area contributed by atoms with E-state index < -0.39 is 22.2 Å². The lowest BCUT2D eigenvalue weighted by atomic mass is 9.41. The maximum Gasteiger partial charge on any atom is 0.315 e. The standard InChI is InChI=1S/C38H54N2O4/c1-23(2)32-15-28-17-36(22-41)31-12-11-25(4)30(31)18-37(28,38(32,36)35(42)43)34-16-29(26-9-7-6-8-10-26)33(44-34)21-40(5)20-27-19-39-14-13-24(27)3/h13-15,19,22-23,25-26,28-31,33-34H,6-12,16-18,20-21H2,1-5H3,(H,42,43)/t25-,28?,29?,30-,31-,33?,34?,36?,37?,38+/m1/s1. The molecule has 4 saturated carbocycles. The summed E-state index contributed by atoms with van der Waals surface area (Å²) in [4.78, 5) is 34.5. The number of fused-ring (bicyclic) bond motifs is 2. The van der Waals surface area contributed by atoms with Gasteiger partial charge < -0.3 is 14.6 Å². The maximum atomic E-state index is 14.1. The highest BCUT2D eigenvalue weighted by Crippen LogP contribution is 2.84. The van der Waals surface area contributed by atoms with Gasteiger partial charge in [0, 0.05) is 30.9 Å². The molecule has 4 bridgehead atoms. The number of aldehydes is 1. The largest absolute Gasteiger partial charge is 0.481 e. The Morgan fingerprint density at radius 2 is 1.93 bits per heavy atom. The lowest BCUT2D eigenvalue weighted by Crippen LogP contribution is -2.65. The van der Waals surface area contributed by atoms with Crippen molar-refractivity contribution in [3.8, 4) is 0 Å². The third kappa shape index (κ3) is 4.01. The van der Waals surface area contributed by atoms with E-state index in [9.17, 15) is 14.7 Å². The molecule has 10 atom stereocenters. The number of ether oxygens (including phenoxy) is 1. The van der Waals surface area contributed by atoms with Crippen LogP contribution < -0.4 is 0 Å². The second-order valence-electron chi connectivity index (χ2n) is 16.3. The number of aryl methyl sites for hydroxylation is 1. The SMILES string of the molecule is Cc1ccncc1CN(C)CC1OC(C23C[C@@H]4[C@H](C)CC[C@H]4C4(C=O)CC2C=C(C(C)C)[C@@]34C(=O)O)CC1C1CCCCC1.